The van der Waals surface area contributed by atoms with E-state index in [0.717, 1.165) is 35.9 Å². The van der Waals surface area contributed by atoms with Crippen molar-refractivity contribution in [1.29, 1.82) is 0 Å². The molecule has 3 aromatic heterocycles. The third-order valence-corrected chi connectivity index (χ3v) is 4.90. The fourth-order valence-electron chi connectivity index (χ4n) is 3.44. The molecule has 146 valence electrons. The molecule has 1 fully saturated rings. The van der Waals surface area contributed by atoms with Crippen LogP contribution in [0.1, 0.15) is 35.7 Å². The number of amides is 1. The predicted octanol–water partition coefficient (Wildman–Crippen LogP) is 1.58. The summed E-state index contributed by atoms with van der Waals surface area (Å²) >= 11 is 0. The molecule has 0 bridgehead atoms. The van der Waals surface area contributed by atoms with Crippen molar-refractivity contribution >= 4 is 23.2 Å². The molecule has 28 heavy (non-hydrogen) atoms. The molecule has 0 saturated carbocycles. The van der Waals surface area contributed by atoms with Gasteiger partial charge in [-0.05, 0) is 27.7 Å². The van der Waals surface area contributed by atoms with Crippen LogP contribution in [0.5, 0.6) is 0 Å². The van der Waals surface area contributed by atoms with Gasteiger partial charge in [-0.2, -0.15) is 0 Å². The molecule has 3 aromatic rings. The number of hydrogen-bond donors (Lipinski definition) is 2. The van der Waals surface area contributed by atoms with Crippen LogP contribution in [-0.4, -0.2) is 55.4 Å². The Balaban J connectivity index is 1.51. The van der Waals surface area contributed by atoms with Crippen LogP contribution in [0.4, 0.5) is 11.6 Å². The second kappa shape index (κ2) is 7.16. The lowest BCUT2D eigenvalue weighted by Gasteiger charge is -2.38. The summed E-state index contributed by atoms with van der Waals surface area (Å²) in [5, 5.41) is 6.23. The Bertz CT molecular complexity index is 1010. The van der Waals surface area contributed by atoms with E-state index in [1.807, 2.05) is 24.4 Å². The lowest BCUT2D eigenvalue weighted by atomic mass is 10.1. The van der Waals surface area contributed by atoms with Gasteiger partial charge in [0.1, 0.15) is 17.3 Å². The van der Waals surface area contributed by atoms with E-state index in [1.54, 1.807) is 12.4 Å². The van der Waals surface area contributed by atoms with Gasteiger partial charge in [0.15, 0.2) is 5.65 Å². The van der Waals surface area contributed by atoms with E-state index >= 15 is 0 Å². The number of rotatable bonds is 3. The molecule has 9 nitrogen and oxygen atoms in total. The van der Waals surface area contributed by atoms with Crippen LogP contribution in [0.3, 0.4) is 0 Å². The van der Waals surface area contributed by atoms with E-state index in [1.165, 1.54) is 6.20 Å². The molecule has 4 heterocycles. The first-order chi connectivity index (χ1) is 13.4. The number of carbonyl (C=O) groups excluding carboxylic acids is 1. The maximum atomic E-state index is 12.6. The zero-order valence-corrected chi connectivity index (χ0v) is 16.5. The molecule has 2 atom stereocenters. The summed E-state index contributed by atoms with van der Waals surface area (Å²) in [4.78, 5) is 32.4. The molecule has 9 heteroatoms. The molecule has 0 unspecified atom stereocenters. The molecule has 1 amide bonds. The van der Waals surface area contributed by atoms with E-state index < -0.39 is 0 Å². The van der Waals surface area contributed by atoms with E-state index in [0.29, 0.717) is 17.9 Å². The first-order valence-corrected chi connectivity index (χ1v) is 9.37. The first kappa shape index (κ1) is 18.3. The molecule has 2 N–H and O–H groups in total. The smallest absolute Gasteiger partial charge is 0.277 e. The van der Waals surface area contributed by atoms with Crippen molar-refractivity contribution in [1.82, 2.24) is 29.7 Å². The molecule has 1 saturated heterocycles. The van der Waals surface area contributed by atoms with Crippen molar-refractivity contribution in [3.05, 3.63) is 41.9 Å². The lowest BCUT2D eigenvalue weighted by molar-refractivity contribution is 0.102. The van der Waals surface area contributed by atoms with Gasteiger partial charge in [0.2, 0.25) is 0 Å². The minimum absolute atomic E-state index is 0.251. The monoisotopic (exact) mass is 380 g/mol. The average molecular weight is 380 g/mol. The second-order valence-corrected chi connectivity index (χ2v) is 7.35. The maximum Gasteiger partial charge on any atom is 0.277 e. The summed E-state index contributed by atoms with van der Waals surface area (Å²) in [6, 6.07) is 0.708. The van der Waals surface area contributed by atoms with Gasteiger partial charge in [-0.15, -0.1) is 0 Å². The highest BCUT2D eigenvalue weighted by molar-refractivity contribution is 6.02. The summed E-state index contributed by atoms with van der Waals surface area (Å²) in [7, 11) is 0. The van der Waals surface area contributed by atoms with Crippen molar-refractivity contribution < 1.29 is 4.79 Å². The number of nitrogens with zero attached hydrogens (tertiary/aromatic N) is 6. The zero-order valence-electron chi connectivity index (χ0n) is 16.5. The highest BCUT2D eigenvalue weighted by atomic mass is 16.1. The highest BCUT2D eigenvalue weighted by Crippen LogP contribution is 2.17. The minimum atomic E-state index is -0.344. The molecule has 1 aliphatic rings. The quantitative estimate of drug-likeness (QED) is 0.711. The number of aromatic nitrogens is 5. The zero-order chi connectivity index (χ0) is 19.8. The van der Waals surface area contributed by atoms with Gasteiger partial charge in [-0.25, -0.2) is 19.9 Å². The maximum absolute atomic E-state index is 12.6. The predicted molar refractivity (Wildman–Crippen MR) is 107 cm³/mol. The molecule has 0 aliphatic carbocycles. The molecular formula is C19H24N8O. The normalized spacial score (nSPS) is 19.8. The number of fused-ring (bicyclic) bond motifs is 1. The Labute approximate surface area is 163 Å². The van der Waals surface area contributed by atoms with Gasteiger partial charge < -0.3 is 19.9 Å². The van der Waals surface area contributed by atoms with E-state index in [-0.39, 0.29) is 11.6 Å². The topological polar surface area (TPSA) is 100 Å². The Kier molecular flexibility index (Phi) is 4.68. The van der Waals surface area contributed by atoms with Crippen molar-refractivity contribution in [3.63, 3.8) is 0 Å². The van der Waals surface area contributed by atoms with Crippen molar-refractivity contribution in [2.24, 2.45) is 0 Å². The fraction of sp³-hybridized carbons (Fsp3) is 0.421. The summed E-state index contributed by atoms with van der Waals surface area (Å²) in [6.45, 7) is 9.82. The van der Waals surface area contributed by atoms with Crippen LogP contribution in [-0.2, 0) is 0 Å². The SMILES string of the molecule is Cc1cn2cc(NC(=O)c3cnc(N4C[C@H](C)NC[C@H]4C)cn3)nc(C)c2n1. The minimum Gasteiger partial charge on any atom is -0.350 e. The van der Waals surface area contributed by atoms with Crippen molar-refractivity contribution in [3.8, 4) is 0 Å². The third kappa shape index (κ3) is 3.53. The van der Waals surface area contributed by atoms with Gasteiger partial charge >= 0.3 is 0 Å². The Morgan fingerprint density at radius 2 is 2.00 bits per heavy atom. The molecule has 0 spiro atoms. The van der Waals surface area contributed by atoms with Crippen LogP contribution in [0.25, 0.3) is 5.65 Å². The van der Waals surface area contributed by atoms with Gasteiger partial charge in [0, 0.05) is 31.4 Å². The average Bonchev–Trinajstić information content (AvgIpc) is 3.05. The third-order valence-electron chi connectivity index (χ3n) is 4.90. The molecule has 4 rings (SSSR count). The highest BCUT2D eigenvalue weighted by Gasteiger charge is 2.24. The number of nitrogens with one attached hydrogen (secondary N) is 2. The Hall–Kier alpha value is -3.07. The molecule has 1 aliphatic heterocycles. The number of aryl methyl sites for hydroxylation is 2. The number of hydrogen-bond acceptors (Lipinski definition) is 7. The number of carbonyl (C=O) groups is 1. The largest absolute Gasteiger partial charge is 0.350 e. The van der Waals surface area contributed by atoms with Crippen LogP contribution in [0.15, 0.2) is 24.8 Å². The number of imidazole rings is 1. The van der Waals surface area contributed by atoms with Crippen molar-refractivity contribution in [2.75, 3.05) is 23.3 Å². The Morgan fingerprint density at radius 1 is 1.18 bits per heavy atom. The van der Waals surface area contributed by atoms with Crippen molar-refractivity contribution in [2.45, 2.75) is 39.8 Å². The lowest BCUT2D eigenvalue weighted by Crippen LogP contribution is -2.54. The van der Waals surface area contributed by atoms with Gasteiger partial charge in [0.05, 0.1) is 30.0 Å². The summed E-state index contributed by atoms with van der Waals surface area (Å²) in [5.41, 5.74) is 2.67. The molecule has 0 radical (unpaired) electrons. The summed E-state index contributed by atoms with van der Waals surface area (Å²) in [5.74, 6) is 0.883. The van der Waals surface area contributed by atoms with E-state index in [4.69, 9.17) is 0 Å². The van der Waals surface area contributed by atoms with Gasteiger partial charge in [-0.3, -0.25) is 4.79 Å². The van der Waals surface area contributed by atoms with Gasteiger partial charge in [-0.1, -0.05) is 0 Å². The Morgan fingerprint density at radius 3 is 2.75 bits per heavy atom. The van der Waals surface area contributed by atoms with Gasteiger partial charge in [0.25, 0.3) is 5.91 Å². The van der Waals surface area contributed by atoms with E-state index in [9.17, 15) is 4.79 Å². The molecular weight excluding hydrogens is 356 g/mol. The van der Waals surface area contributed by atoms with Crippen LogP contribution >= 0.6 is 0 Å². The van der Waals surface area contributed by atoms with Crippen LogP contribution in [0.2, 0.25) is 0 Å². The number of piperazine rings is 1. The number of anilines is 2. The summed E-state index contributed by atoms with van der Waals surface area (Å²) in [6.07, 6.45) is 6.80. The second-order valence-electron chi connectivity index (χ2n) is 7.35. The van der Waals surface area contributed by atoms with Crippen LogP contribution in [0, 0.1) is 13.8 Å². The van der Waals surface area contributed by atoms with Crippen LogP contribution < -0.4 is 15.5 Å². The standard InChI is InChI=1S/C19H24N8O/c1-11-9-27(13(3)5-20-11)17-7-21-15(6-22-17)19(28)25-16-10-26-8-12(2)23-18(26)14(4)24-16/h6-8,10-11,13,20H,5,9H2,1-4H3,(H,25,28)/t11-,13+/m0/s1. The first-order valence-electron chi connectivity index (χ1n) is 9.37. The summed E-state index contributed by atoms with van der Waals surface area (Å²) < 4.78 is 1.86. The molecule has 0 aromatic carbocycles. The fourth-order valence-corrected chi connectivity index (χ4v) is 3.44. The van der Waals surface area contributed by atoms with E-state index in [2.05, 4.69) is 49.3 Å².